The van der Waals surface area contributed by atoms with Crippen molar-refractivity contribution >= 4 is 22.1 Å². The van der Waals surface area contributed by atoms with Crippen LogP contribution >= 0.6 is 0 Å². The number of nitrogen functional groups attached to an aromatic ring is 2. The van der Waals surface area contributed by atoms with Crippen LogP contribution in [0.25, 0.3) is 10.8 Å². The van der Waals surface area contributed by atoms with Crippen LogP contribution < -0.4 is 22.9 Å². The van der Waals surface area contributed by atoms with Gasteiger partial charge in [0.05, 0.1) is 0 Å². The van der Waals surface area contributed by atoms with Gasteiger partial charge in [-0.25, -0.2) is 0 Å². The minimum Gasteiger partial charge on any atom is -0.398 e. The highest BCUT2D eigenvalue weighted by molar-refractivity contribution is 6.00. The summed E-state index contributed by atoms with van der Waals surface area (Å²) < 4.78 is 0. The molecule has 3 aromatic rings. The van der Waals surface area contributed by atoms with Crippen LogP contribution in [0.1, 0.15) is 11.1 Å². The van der Waals surface area contributed by atoms with E-state index in [1.165, 1.54) is 0 Å². The zero-order chi connectivity index (χ0) is 15.9. The van der Waals surface area contributed by atoms with Gasteiger partial charge in [0, 0.05) is 35.2 Å². The number of hydrogen-bond acceptors (Lipinski definition) is 4. The minimum absolute atomic E-state index is 0.602. The summed E-state index contributed by atoms with van der Waals surface area (Å²) in [5.41, 5.74) is 26.2. The van der Waals surface area contributed by atoms with Gasteiger partial charge in [-0.2, -0.15) is 0 Å². The van der Waals surface area contributed by atoms with Gasteiger partial charge >= 0.3 is 0 Å². The molecule has 114 valence electrons. The highest BCUT2D eigenvalue weighted by Gasteiger charge is 1.98. The molecule has 22 heavy (non-hydrogen) atoms. The molecule has 0 amide bonds. The van der Waals surface area contributed by atoms with Crippen molar-refractivity contribution in [1.82, 2.24) is 0 Å². The average Bonchev–Trinajstić information content (AvgIpc) is 2.59. The molecule has 0 radical (unpaired) electrons. The zero-order valence-corrected chi connectivity index (χ0v) is 12.5. The van der Waals surface area contributed by atoms with Gasteiger partial charge in [-0.05, 0) is 23.3 Å². The highest BCUT2D eigenvalue weighted by Crippen LogP contribution is 2.25. The largest absolute Gasteiger partial charge is 0.398 e. The van der Waals surface area contributed by atoms with Crippen LogP contribution in [0.2, 0.25) is 0 Å². The zero-order valence-electron chi connectivity index (χ0n) is 12.5. The number of rotatable bonds is 2. The second kappa shape index (κ2) is 7.45. The second-order valence-electron chi connectivity index (χ2n) is 5.01. The molecule has 4 nitrogen and oxygen atoms in total. The van der Waals surface area contributed by atoms with Gasteiger partial charge in [-0.15, -0.1) is 0 Å². The lowest BCUT2D eigenvalue weighted by molar-refractivity contribution is 1.04. The van der Waals surface area contributed by atoms with Gasteiger partial charge in [0.15, 0.2) is 0 Å². The minimum atomic E-state index is 0.602. The van der Waals surface area contributed by atoms with E-state index in [4.69, 9.17) is 22.9 Å². The van der Waals surface area contributed by atoms with Crippen LogP contribution in [0.3, 0.4) is 0 Å². The van der Waals surface area contributed by atoms with Crippen LogP contribution in [-0.2, 0) is 13.1 Å². The van der Waals surface area contributed by atoms with Gasteiger partial charge < -0.3 is 22.9 Å². The number of nitrogens with two attached hydrogens (primary N) is 4. The maximum Gasteiger partial charge on any atom is 0.0395 e. The topological polar surface area (TPSA) is 104 Å². The predicted molar refractivity (Wildman–Crippen MR) is 95.0 cm³/mol. The van der Waals surface area contributed by atoms with E-state index in [-0.39, 0.29) is 0 Å². The van der Waals surface area contributed by atoms with Crippen molar-refractivity contribution in [3.8, 4) is 0 Å². The maximum absolute atomic E-state index is 5.77. The SMILES string of the molecule is NCc1ccc(CN)cc1.Nc1ccc(N)c2ccccc12. The summed E-state index contributed by atoms with van der Waals surface area (Å²) in [6, 6.07) is 19.5. The van der Waals surface area contributed by atoms with Crippen molar-refractivity contribution in [1.29, 1.82) is 0 Å². The number of benzene rings is 3. The lowest BCUT2D eigenvalue weighted by Crippen LogP contribution is -1.98. The van der Waals surface area contributed by atoms with Gasteiger partial charge in [0.2, 0.25) is 0 Å². The third-order valence-corrected chi connectivity index (χ3v) is 3.49. The first-order chi connectivity index (χ1) is 10.7. The van der Waals surface area contributed by atoms with E-state index >= 15 is 0 Å². The quantitative estimate of drug-likeness (QED) is 0.545. The maximum atomic E-state index is 5.77. The van der Waals surface area contributed by atoms with E-state index in [2.05, 4.69) is 0 Å². The van der Waals surface area contributed by atoms with Gasteiger partial charge in [0.1, 0.15) is 0 Å². The summed E-state index contributed by atoms with van der Waals surface area (Å²) in [5.74, 6) is 0. The van der Waals surface area contributed by atoms with Crippen LogP contribution in [0.15, 0.2) is 60.7 Å². The van der Waals surface area contributed by atoms with Crippen LogP contribution in [0.5, 0.6) is 0 Å². The molecular formula is C18H22N4. The molecular weight excluding hydrogens is 272 g/mol. The fourth-order valence-electron chi connectivity index (χ4n) is 2.16. The summed E-state index contributed by atoms with van der Waals surface area (Å²) in [7, 11) is 0. The molecule has 0 atom stereocenters. The van der Waals surface area contributed by atoms with Crippen LogP contribution in [0.4, 0.5) is 11.4 Å². The van der Waals surface area contributed by atoms with Crippen molar-refractivity contribution in [2.24, 2.45) is 11.5 Å². The Kier molecular flexibility index (Phi) is 5.36. The molecule has 0 bridgehead atoms. The van der Waals surface area contributed by atoms with E-state index in [1.807, 2.05) is 60.7 Å². The average molecular weight is 294 g/mol. The molecule has 3 rings (SSSR count). The predicted octanol–water partition coefficient (Wildman–Crippen LogP) is 2.61. The molecule has 3 aromatic carbocycles. The van der Waals surface area contributed by atoms with E-state index < -0.39 is 0 Å². The molecule has 0 spiro atoms. The molecule has 8 N–H and O–H groups in total. The van der Waals surface area contributed by atoms with Crippen LogP contribution in [-0.4, -0.2) is 0 Å². The van der Waals surface area contributed by atoms with Crippen LogP contribution in [0, 0.1) is 0 Å². The Bertz CT molecular complexity index is 672. The second-order valence-corrected chi connectivity index (χ2v) is 5.01. The standard InChI is InChI=1S/C10H10N2.C8H12N2/c11-9-5-6-10(12)8-4-2-1-3-7(8)9;9-5-7-1-2-8(6-10)4-3-7/h1-6H,11-12H2;1-4H,5-6,9-10H2. The lowest BCUT2D eigenvalue weighted by atomic mass is 10.1. The van der Waals surface area contributed by atoms with E-state index in [0.29, 0.717) is 13.1 Å². The molecule has 0 aliphatic carbocycles. The summed E-state index contributed by atoms with van der Waals surface area (Å²) in [6.45, 7) is 1.20. The normalized spacial score (nSPS) is 10.1. The Hall–Kier alpha value is -2.56. The third kappa shape index (κ3) is 3.75. The van der Waals surface area contributed by atoms with Crippen molar-refractivity contribution in [3.63, 3.8) is 0 Å². The van der Waals surface area contributed by atoms with Crippen molar-refractivity contribution < 1.29 is 0 Å². The summed E-state index contributed by atoms with van der Waals surface area (Å²) in [5, 5.41) is 2.05. The molecule has 0 saturated carbocycles. The molecule has 0 unspecified atom stereocenters. The monoisotopic (exact) mass is 294 g/mol. The molecule has 0 aliphatic heterocycles. The number of anilines is 2. The number of hydrogen-bond donors (Lipinski definition) is 4. The fraction of sp³-hybridized carbons (Fsp3) is 0.111. The van der Waals surface area contributed by atoms with E-state index in [0.717, 1.165) is 33.3 Å². The van der Waals surface area contributed by atoms with E-state index in [1.54, 1.807) is 0 Å². The summed E-state index contributed by atoms with van der Waals surface area (Å²) in [4.78, 5) is 0. The Morgan fingerprint density at radius 1 is 0.545 bits per heavy atom. The van der Waals surface area contributed by atoms with Gasteiger partial charge in [0.25, 0.3) is 0 Å². The first-order valence-electron chi connectivity index (χ1n) is 7.16. The smallest absolute Gasteiger partial charge is 0.0395 e. The Morgan fingerprint density at radius 2 is 0.909 bits per heavy atom. The van der Waals surface area contributed by atoms with Crippen molar-refractivity contribution in [2.75, 3.05) is 11.5 Å². The molecule has 0 aromatic heterocycles. The Labute approximate surface area is 130 Å². The molecule has 0 fully saturated rings. The molecule has 4 heteroatoms. The molecule has 0 aliphatic rings. The Balaban J connectivity index is 0.000000164. The fourth-order valence-corrected chi connectivity index (χ4v) is 2.16. The molecule has 0 heterocycles. The first kappa shape index (κ1) is 15.8. The summed E-state index contributed by atoms with van der Waals surface area (Å²) >= 11 is 0. The third-order valence-electron chi connectivity index (χ3n) is 3.49. The van der Waals surface area contributed by atoms with Crippen molar-refractivity contribution in [2.45, 2.75) is 13.1 Å². The highest BCUT2D eigenvalue weighted by atomic mass is 14.6. The lowest BCUT2D eigenvalue weighted by Gasteiger charge is -2.03. The summed E-state index contributed by atoms with van der Waals surface area (Å²) in [6.07, 6.45) is 0. The molecule has 0 saturated heterocycles. The first-order valence-corrected chi connectivity index (χ1v) is 7.16. The van der Waals surface area contributed by atoms with E-state index in [9.17, 15) is 0 Å². The van der Waals surface area contributed by atoms with Crippen molar-refractivity contribution in [3.05, 3.63) is 71.8 Å². The van der Waals surface area contributed by atoms with Gasteiger partial charge in [-0.3, -0.25) is 0 Å². The Morgan fingerprint density at radius 3 is 1.23 bits per heavy atom. The number of fused-ring (bicyclic) bond motifs is 1. The van der Waals surface area contributed by atoms with Gasteiger partial charge in [-0.1, -0.05) is 48.5 Å².